The van der Waals surface area contributed by atoms with Crippen LogP contribution in [0.4, 0.5) is 0 Å². The van der Waals surface area contributed by atoms with Gasteiger partial charge in [-0.1, -0.05) is 6.92 Å². The van der Waals surface area contributed by atoms with Gasteiger partial charge in [0.25, 0.3) is 0 Å². The normalized spacial score (nSPS) is 14.4. The second-order valence-electron chi connectivity index (χ2n) is 4.23. The number of ether oxygens (including phenoxy) is 1. The second kappa shape index (κ2) is 6.36. The van der Waals surface area contributed by atoms with E-state index >= 15 is 0 Å². The van der Waals surface area contributed by atoms with Crippen LogP contribution in [0.5, 0.6) is 0 Å². The molecule has 0 spiro atoms. The molecule has 1 rings (SSSR count). The van der Waals surface area contributed by atoms with Crippen LogP contribution in [0, 0.1) is 5.92 Å². The molecule has 17 heavy (non-hydrogen) atoms. The van der Waals surface area contributed by atoms with Crippen LogP contribution in [0.2, 0.25) is 0 Å². The van der Waals surface area contributed by atoms with Gasteiger partial charge >= 0.3 is 0 Å². The third-order valence-corrected chi connectivity index (χ3v) is 2.44. The van der Waals surface area contributed by atoms with Crippen LogP contribution in [0.25, 0.3) is 0 Å². The number of carbonyl (C=O) groups excluding carboxylic acids is 1. The van der Waals surface area contributed by atoms with Crippen molar-refractivity contribution in [2.24, 2.45) is 18.7 Å². The molecule has 0 saturated carbocycles. The van der Waals surface area contributed by atoms with Crippen LogP contribution in [0.3, 0.4) is 0 Å². The summed E-state index contributed by atoms with van der Waals surface area (Å²) in [5.74, 6) is 0.0750. The number of hydrogen-bond donors (Lipinski definition) is 2. The number of aromatic nitrogens is 2. The van der Waals surface area contributed by atoms with E-state index in [1.165, 1.54) is 0 Å². The van der Waals surface area contributed by atoms with E-state index < -0.39 is 6.04 Å². The van der Waals surface area contributed by atoms with Gasteiger partial charge in [-0.25, -0.2) is 0 Å². The molecular formula is C11H20N4O2. The first-order valence-electron chi connectivity index (χ1n) is 5.55. The average Bonchev–Trinajstić information content (AvgIpc) is 2.72. The summed E-state index contributed by atoms with van der Waals surface area (Å²) >= 11 is 0. The molecule has 0 bridgehead atoms. The fraction of sp³-hybridized carbons (Fsp3) is 0.636. The summed E-state index contributed by atoms with van der Waals surface area (Å²) in [6.07, 6.45) is 3.34. The maximum Gasteiger partial charge on any atom is 0.241 e. The van der Waals surface area contributed by atoms with Gasteiger partial charge in [0.2, 0.25) is 5.91 Å². The number of aryl methyl sites for hydroxylation is 1. The second-order valence-corrected chi connectivity index (χ2v) is 4.23. The standard InChI is InChI=1S/C11H20N4O2/c1-8(7-17-3)4-13-11(16)10(12)9-5-14-15(2)6-9/h5-6,8,10H,4,7,12H2,1-3H3,(H,13,16). The fourth-order valence-corrected chi connectivity index (χ4v) is 1.48. The lowest BCUT2D eigenvalue weighted by atomic mass is 10.1. The molecule has 6 nitrogen and oxygen atoms in total. The molecule has 2 atom stereocenters. The van der Waals surface area contributed by atoms with Gasteiger partial charge in [-0.2, -0.15) is 5.10 Å². The number of rotatable bonds is 6. The SMILES string of the molecule is COCC(C)CNC(=O)C(N)c1cnn(C)c1. The zero-order chi connectivity index (χ0) is 12.8. The Balaban J connectivity index is 2.42. The van der Waals surface area contributed by atoms with Crippen molar-refractivity contribution in [3.63, 3.8) is 0 Å². The zero-order valence-electron chi connectivity index (χ0n) is 10.5. The minimum Gasteiger partial charge on any atom is -0.384 e. The van der Waals surface area contributed by atoms with Crippen molar-refractivity contribution in [2.75, 3.05) is 20.3 Å². The average molecular weight is 240 g/mol. The predicted octanol–water partition coefficient (Wildman–Crippen LogP) is -0.181. The van der Waals surface area contributed by atoms with Crippen molar-refractivity contribution in [1.29, 1.82) is 0 Å². The largest absolute Gasteiger partial charge is 0.384 e. The first kappa shape index (κ1) is 13.7. The van der Waals surface area contributed by atoms with Gasteiger partial charge in [-0.05, 0) is 5.92 Å². The number of methoxy groups -OCH3 is 1. The van der Waals surface area contributed by atoms with E-state index in [1.807, 2.05) is 6.92 Å². The van der Waals surface area contributed by atoms with Crippen LogP contribution in [-0.2, 0) is 16.6 Å². The fourth-order valence-electron chi connectivity index (χ4n) is 1.48. The van der Waals surface area contributed by atoms with Gasteiger partial charge in [0.1, 0.15) is 6.04 Å². The van der Waals surface area contributed by atoms with Crippen molar-refractivity contribution in [3.05, 3.63) is 18.0 Å². The Hall–Kier alpha value is -1.40. The lowest BCUT2D eigenvalue weighted by Gasteiger charge is -2.14. The molecule has 0 aliphatic carbocycles. The lowest BCUT2D eigenvalue weighted by Crippen LogP contribution is -2.37. The molecule has 1 heterocycles. The molecule has 1 amide bonds. The highest BCUT2D eigenvalue weighted by atomic mass is 16.5. The Morgan fingerprint density at radius 2 is 2.41 bits per heavy atom. The molecule has 0 aliphatic heterocycles. The lowest BCUT2D eigenvalue weighted by molar-refractivity contribution is -0.122. The smallest absolute Gasteiger partial charge is 0.241 e. The van der Waals surface area contributed by atoms with Gasteiger partial charge in [-0.15, -0.1) is 0 Å². The summed E-state index contributed by atoms with van der Waals surface area (Å²) in [4.78, 5) is 11.7. The molecule has 0 radical (unpaired) electrons. The highest BCUT2D eigenvalue weighted by Crippen LogP contribution is 2.08. The van der Waals surface area contributed by atoms with E-state index in [4.69, 9.17) is 10.5 Å². The quantitative estimate of drug-likeness (QED) is 0.722. The Morgan fingerprint density at radius 1 is 1.71 bits per heavy atom. The number of hydrogen-bond acceptors (Lipinski definition) is 4. The topological polar surface area (TPSA) is 82.2 Å². The molecule has 0 aromatic carbocycles. The van der Waals surface area contributed by atoms with Crippen molar-refractivity contribution in [1.82, 2.24) is 15.1 Å². The Kier molecular flexibility index (Phi) is 5.11. The van der Waals surface area contributed by atoms with Gasteiger partial charge in [-0.3, -0.25) is 9.48 Å². The molecule has 3 N–H and O–H groups in total. The maximum atomic E-state index is 11.7. The number of nitrogens with two attached hydrogens (primary N) is 1. The van der Waals surface area contributed by atoms with Crippen LogP contribution in [0.1, 0.15) is 18.5 Å². The van der Waals surface area contributed by atoms with Crippen molar-refractivity contribution in [2.45, 2.75) is 13.0 Å². The zero-order valence-corrected chi connectivity index (χ0v) is 10.5. The summed E-state index contributed by atoms with van der Waals surface area (Å²) in [6, 6.07) is -0.668. The van der Waals surface area contributed by atoms with Crippen molar-refractivity contribution >= 4 is 5.91 Å². The molecule has 2 unspecified atom stereocenters. The van der Waals surface area contributed by atoms with E-state index in [0.29, 0.717) is 18.7 Å². The number of nitrogens with one attached hydrogen (secondary N) is 1. The van der Waals surface area contributed by atoms with E-state index in [2.05, 4.69) is 10.4 Å². The first-order chi connectivity index (χ1) is 8.04. The van der Waals surface area contributed by atoms with Gasteiger partial charge in [0, 0.05) is 32.5 Å². The van der Waals surface area contributed by atoms with Crippen molar-refractivity contribution in [3.8, 4) is 0 Å². The van der Waals surface area contributed by atoms with E-state index in [9.17, 15) is 4.79 Å². The molecular weight excluding hydrogens is 220 g/mol. The Morgan fingerprint density at radius 3 is 2.94 bits per heavy atom. The van der Waals surface area contributed by atoms with Crippen LogP contribution in [-0.4, -0.2) is 35.9 Å². The van der Waals surface area contributed by atoms with E-state index in [1.54, 1.807) is 31.2 Å². The number of carbonyl (C=O) groups is 1. The molecule has 1 aromatic rings. The number of amides is 1. The van der Waals surface area contributed by atoms with Gasteiger partial charge in [0.15, 0.2) is 0 Å². The van der Waals surface area contributed by atoms with E-state index in [-0.39, 0.29) is 11.8 Å². The summed E-state index contributed by atoms with van der Waals surface area (Å²) in [7, 11) is 3.43. The molecule has 96 valence electrons. The predicted molar refractivity (Wildman–Crippen MR) is 64.2 cm³/mol. The van der Waals surface area contributed by atoms with Gasteiger partial charge in [0.05, 0.1) is 12.8 Å². The monoisotopic (exact) mass is 240 g/mol. The summed E-state index contributed by atoms with van der Waals surface area (Å²) in [6.45, 7) is 3.17. The summed E-state index contributed by atoms with van der Waals surface area (Å²) < 4.78 is 6.61. The van der Waals surface area contributed by atoms with E-state index in [0.717, 1.165) is 0 Å². The molecule has 0 fully saturated rings. The highest BCUT2D eigenvalue weighted by Gasteiger charge is 2.17. The number of nitrogens with zero attached hydrogens (tertiary/aromatic N) is 2. The summed E-state index contributed by atoms with van der Waals surface area (Å²) in [5.41, 5.74) is 6.53. The van der Waals surface area contributed by atoms with Crippen LogP contribution >= 0.6 is 0 Å². The van der Waals surface area contributed by atoms with Gasteiger partial charge < -0.3 is 15.8 Å². The minimum atomic E-state index is -0.668. The molecule has 6 heteroatoms. The Labute approximate surface area is 101 Å². The van der Waals surface area contributed by atoms with Crippen molar-refractivity contribution < 1.29 is 9.53 Å². The third-order valence-electron chi connectivity index (χ3n) is 2.44. The molecule has 1 aromatic heterocycles. The maximum absolute atomic E-state index is 11.7. The first-order valence-corrected chi connectivity index (χ1v) is 5.55. The summed E-state index contributed by atoms with van der Waals surface area (Å²) in [5, 5.41) is 6.78. The third kappa shape index (κ3) is 4.16. The molecule has 0 aliphatic rings. The van der Waals surface area contributed by atoms with Crippen LogP contribution < -0.4 is 11.1 Å². The minimum absolute atomic E-state index is 0.194. The Bertz CT molecular complexity index is 364. The molecule has 0 saturated heterocycles. The highest BCUT2D eigenvalue weighted by molar-refractivity contribution is 5.82. The van der Waals surface area contributed by atoms with Crippen LogP contribution in [0.15, 0.2) is 12.4 Å².